The van der Waals surface area contributed by atoms with Gasteiger partial charge in [0.1, 0.15) is 0 Å². The van der Waals surface area contributed by atoms with E-state index in [2.05, 4.69) is 10.3 Å². The first-order valence-corrected chi connectivity index (χ1v) is 6.95. The molecule has 0 aliphatic rings. The Morgan fingerprint density at radius 2 is 2.15 bits per heavy atom. The summed E-state index contributed by atoms with van der Waals surface area (Å²) < 4.78 is 0. The van der Waals surface area contributed by atoms with E-state index >= 15 is 0 Å². The highest BCUT2D eigenvalue weighted by Crippen LogP contribution is 2.15. The molecule has 2 rings (SSSR count). The number of aliphatic hydroxyl groups is 1. The molecule has 4 nitrogen and oxygen atoms in total. The minimum absolute atomic E-state index is 0.0917. The maximum Gasteiger partial charge on any atom is 0.253 e. The molecule has 0 fully saturated rings. The third-order valence-corrected chi connectivity index (χ3v) is 3.35. The monoisotopic (exact) mass is 272 g/mol. The van der Waals surface area contributed by atoms with E-state index in [9.17, 15) is 4.79 Å². The fourth-order valence-corrected chi connectivity index (χ4v) is 2.13. The van der Waals surface area contributed by atoms with Crippen molar-refractivity contribution in [1.29, 1.82) is 0 Å². The van der Waals surface area contributed by atoms with Crippen LogP contribution in [0.15, 0.2) is 36.5 Å². The normalized spacial score (nSPS) is 12.3. The lowest BCUT2D eigenvalue weighted by molar-refractivity contribution is 0.0953. The van der Waals surface area contributed by atoms with E-state index in [1.54, 1.807) is 12.3 Å². The smallest absolute Gasteiger partial charge is 0.253 e. The quantitative estimate of drug-likeness (QED) is 0.794. The number of pyridine rings is 1. The summed E-state index contributed by atoms with van der Waals surface area (Å²) in [6, 6.07) is 9.41. The van der Waals surface area contributed by atoms with Gasteiger partial charge < -0.3 is 10.4 Å². The highest BCUT2D eigenvalue weighted by Gasteiger charge is 2.10. The molecule has 0 saturated heterocycles. The zero-order valence-electron chi connectivity index (χ0n) is 11.7. The minimum atomic E-state index is -0.0917. The van der Waals surface area contributed by atoms with Crippen molar-refractivity contribution in [1.82, 2.24) is 10.3 Å². The Kier molecular flexibility index (Phi) is 5.07. The fourth-order valence-electron chi connectivity index (χ4n) is 2.13. The molecule has 20 heavy (non-hydrogen) atoms. The summed E-state index contributed by atoms with van der Waals surface area (Å²) in [5.41, 5.74) is 1.34. The summed E-state index contributed by atoms with van der Waals surface area (Å²) in [6.07, 6.45) is 3.47. The van der Waals surface area contributed by atoms with Gasteiger partial charge >= 0.3 is 0 Å². The predicted octanol–water partition coefficient (Wildman–Crippen LogP) is 2.37. The van der Waals surface area contributed by atoms with Crippen LogP contribution < -0.4 is 5.32 Å². The Labute approximate surface area is 118 Å². The van der Waals surface area contributed by atoms with Crippen LogP contribution in [0.2, 0.25) is 0 Å². The summed E-state index contributed by atoms with van der Waals surface area (Å²) >= 11 is 0. The highest BCUT2D eigenvalue weighted by molar-refractivity contribution is 6.05. The standard InChI is InChI=1S/C16H20N2O2/c1-12(11-19)5-3-10-18-16(20)14-8-2-6-13-7-4-9-17-15(13)14/h2,4,6-9,12,19H,3,5,10-11H2,1H3,(H,18,20). The predicted molar refractivity (Wildman–Crippen MR) is 79.6 cm³/mol. The molecular weight excluding hydrogens is 252 g/mol. The third kappa shape index (κ3) is 3.54. The van der Waals surface area contributed by atoms with Gasteiger partial charge in [-0.05, 0) is 30.9 Å². The Morgan fingerprint density at radius 1 is 1.35 bits per heavy atom. The molecule has 1 heterocycles. The molecule has 1 atom stereocenters. The van der Waals surface area contributed by atoms with Crippen LogP contribution in [0, 0.1) is 5.92 Å². The van der Waals surface area contributed by atoms with Gasteiger partial charge in [0.25, 0.3) is 5.91 Å². The maximum absolute atomic E-state index is 12.2. The summed E-state index contributed by atoms with van der Waals surface area (Å²) in [4.78, 5) is 16.5. The van der Waals surface area contributed by atoms with E-state index in [4.69, 9.17) is 5.11 Å². The minimum Gasteiger partial charge on any atom is -0.396 e. The van der Waals surface area contributed by atoms with Gasteiger partial charge in [0.15, 0.2) is 0 Å². The average Bonchev–Trinajstić information content (AvgIpc) is 2.50. The molecule has 4 heteroatoms. The number of hydrogen-bond donors (Lipinski definition) is 2. The number of amides is 1. The van der Waals surface area contributed by atoms with Crippen molar-refractivity contribution >= 4 is 16.8 Å². The summed E-state index contributed by atoms with van der Waals surface area (Å²) in [7, 11) is 0. The molecule has 0 saturated carbocycles. The first-order chi connectivity index (χ1) is 9.72. The number of aromatic nitrogens is 1. The first-order valence-electron chi connectivity index (χ1n) is 6.95. The maximum atomic E-state index is 12.2. The Bertz CT molecular complexity index is 578. The summed E-state index contributed by atoms with van der Waals surface area (Å²) in [5, 5.41) is 12.8. The molecule has 0 aliphatic carbocycles. The van der Waals surface area contributed by atoms with Crippen LogP contribution in [0.3, 0.4) is 0 Å². The lowest BCUT2D eigenvalue weighted by atomic mass is 10.1. The molecule has 2 N–H and O–H groups in total. The molecule has 0 radical (unpaired) electrons. The van der Waals surface area contributed by atoms with Crippen LogP contribution in [0.5, 0.6) is 0 Å². The van der Waals surface area contributed by atoms with Gasteiger partial charge in [-0.3, -0.25) is 9.78 Å². The van der Waals surface area contributed by atoms with Crippen molar-refractivity contribution in [2.75, 3.05) is 13.2 Å². The lowest BCUT2D eigenvalue weighted by Crippen LogP contribution is -2.25. The number of aliphatic hydroxyl groups excluding tert-OH is 1. The molecule has 2 aromatic rings. The molecule has 0 aliphatic heterocycles. The van der Waals surface area contributed by atoms with Crippen molar-refractivity contribution in [3.05, 3.63) is 42.1 Å². The molecular formula is C16H20N2O2. The summed E-state index contributed by atoms with van der Waals surface area (Å²) in [5.74, 6) is 0.192. The zero-order chi connectivity index (χ0) is 14.4. The van der Waals surface area contributed by atoms with Gasteiger partial charge in [0.2, 0.25) is 0 Å². The van der Waals surface area contributed by atoms with E-state index in [0.29, 0.717) is 12.1 Å². The number of nitrogens with one attached hydrogen (secondary N) is 1. The lowest BCUT2D eigenvalue weighted by Gasteiger charge is -2.09. The van der Waals surface area contributed by atoms with Gasteiger partial charge in [-0.15, -0.1) is 0 Å². The molecule has 1 unspecified atom stereocenters. The zero-order valence-corrected chi connectivity index (χ0v) is 11.7. The second-order valence-corrected chi connectivity index (χ2v) is 5.07. The summed E-state index contributed by atoms with van der Waals surface area (Å²) in [6.45, 7) is 2.81. The van der Waals surface area contributed by atoms with Crippen LogP contribution in [0.25, 0.3) is 10.9 Å². The Hall–Kier alpha value is -1.94. The van der Waals surface area contributed by atoms with Crippen LogP contribution >= 0.6 is 0 Å². The van der Waals surface area contributed by atoms with E-state index in [1.165, 1.54) is 0 Å². The SMILES string of the molecule is CC(CO)CCCNC(=O)c1cccc2cccnc12. The second kappa shape index (κ2) is 7.01. The average molecular weight is 272 g/mol. The second-order valence-electron chi connectivity index (χ2n) is 5.07. The van der Waals surface area contributed by atoms with E-state index in [-0.39, 0.29) is 18.4 Å². The topological polar surface area (TPSA) is 62.2 Å². The van der Waals surface area contributed by atoms with Crippen LogP contribution in [0.4, 0.5) is 0 Å². The fraction of sp³-hybridized carbons (Fsp3) is 0.375. The van der Waals surface area contributed by atoms with Gasteiger partial charge in [-0.2, -0.15) is 0 Å². The molecule has 1 aromatic carbocycles. The van der Waals surface area contributed by atoms with Crippen molar-refractivity contribution in [2.24, 2.45) is 5.92 Å². The third-order valence-electron chi connectivity index (χ3n) is 3.35. The van der Waals surface area contributed by atoms with Gasteiger partial charge in [-0.25, -0.2) is 0 Å². The number of para-hydroxylation sites is 1. The van der Waals surface area contributed by atoms with Crippen LogP contribution in [-0.2, 0) is 0 Å². The Morgan fingerprint density at radius 3 is 2.95 bits per heavy atom. The highest BCUT2D eigenvalue weighted by atomic mass is 16.3. The van der Waals surface area contributed by atoms with Crippen molar-refractivity contribution < 1.29 is 9.90 Å². The molecule has 106 valence electrons. The largest absolute Gasteiger partial charge is 0.396 e. The van der Waals surface area contributed by atoms with E-state index in [0.717, 1.165) is 23.7 Å². The number of carbonyl (C=O) groups is 1. The number of carbonyl (C=O) groups excluding carboxylic acids is 1. The Balaban J connectivity index is 1.98. The van der Waals surface area contributed by atoms with E-state index < -0.39 is 0 Å². The van der Waals surface area contributed by atoms with Gasteiger partial charge in [-0.1, -0.05) is 25.1 Å². The number of nitrogens with zero attached hydrogens (tertiary/aromatic N) is 1. The molecule has 1 aromatic heterocycles. The van der Waals surface area contributed by atoms with Crippen LogP contribution in [-0.4, -0.2) is 29.1 Å². The van der Waals surface area contributed by atoms with Gasteiger partial charge in [0.05, 0.1) is 11.1 Å². The van der Waals surface area contributed by atoms with Crippen molar-refractivity contribution in [2.45, 2.75) is 19.8 Å². The number of rotatable bonds is 6. The number of hydrogen-bond acceptors (Lipinski definition) is 3. The molecule has 1 amide bonds. The van der Waals surface area contributed by atoms with Crippen LogP contribution in [0.1, 0.15) is 30.1 Å². The molecule has 0 spiro atoms. The van der Waals surface area contributed by atoms with Gasteiger partial charge in [0, 0.05) is 24.7 Å². The number of fused-ring (bicyclic) bond motifs is 1. The van der Waals surface area contributed by atoms with Crippen molar-refractivity contribution in [3.63, 3.8) is 0 Å². The number of benzene rings is 1. The molecule has 0 bridgehead atoms. The van der Waals surface area contributed by atoms with E-state index in [1.807, 2.05) is 31.2 Å². The first kappa shape index (κ1) is 14.5. The van der Waals surface area contributed by atoms with Crippen molar-refractivity contribution in [3.8, 4) is 0 Å².